The van der Waals surface area contributed by atoms with E-state index >= 15 is 0 Å². The Balaban J connectivity index is 1.69. The highest BCUT2D eigenvalue weighted by molar-refractivity contribution is 6.06. The fourth-order valence-corrected chi connectivity index (χ4v) is 3.08. The number of para-hydroxylation sites is 1. The van der Waals surface area contributed by atoms with Crippen molar-refractivity contribution in [3.8, 4) is 0 Å². The molecule has 0 spiro atoms. The molecule has 0 aromatic heterocycles. The van der Waals surface area contributed by atoms with Crippen LogP contribution in [-0.2, 0) is 20.7 Å². The van der Waals surface area contributed by atoms with Gasteiger partial charge in [-0.1, -0.05) is 18.2 Å². The lowest BCUT2D eigenvalue weighted by Crippen LogP contribution is -2.44. The molecule has 2 aliphatic heterocycles. The normalized spacial score (nSPS) is 21.3. The molecule has 1 unspecified atom stereocenters. The summed E-state index contributed by atoms with van der Waals surface area (Å²) >= 11 is 0. The molecule has 2 aliphatic rings. The van der Waals surface area contributed by atoms with Crippen LogP contribution in [0.3, 0.4) is 0 Å². The Morgan fingerprint density at radius 3 is 2.67 bits per heavy atom. The molecule has 5 nitrogen and oxygen atoms in total. The molecule has 0 radical (unpaired) electrons. The monoisotopic (exact) mass is 288 g/mol. The number of carbonyl (C=O) groups is 2. The lowest BCUT2D eigenvalue weighted by molar-refractivity contribution is -0.138. The summed E-state index contributed by atoms with van der Waals surface area (Å²) < 4.78 is 5.23. The topological polar surface area (TPSA) is 49.9 Å². The van der Waals surface area contributed by atoms with Gasteiger partial charge in [0.1, 0.15) is 6.42 Å². The molecule has 1 atom stereocenters. The summed E-state index contributed by atoms with van der Waals surface area (Å²) in [7, 11) is 0. The number of hydrogen-bond donors (Lipinski definition) is 0. The Bertz CT molecular complexity index is 552. The number of ether oxygens (including phenoxy) is 1. The number of anilines is 1. The Hall–Kier alpha value is -1.88. The zero-order valence-corrected chi connectivity index (χ0v) is 12.2. The number of amides is 2. The molecule has 21 heavy (non-hydrogen) atoms. The van der Waals surface area contributed by atoms with Crippen molar-refractivity contribution in [2.24, 2.45) is 0 Å². The fourth-order valence-electron chi connectivity index (χ4n) is 3.08. The van der Waals surface area contributed by atoms with Crippen molar-refractivity contribution in [2.75, 3.05) is 31.2 Å². The third-order valence-electron chi connectivity index (χ3n) is 4.14. The van der Waals surface area contributed by atoms with Gasteiger partial charge >= 0.3 is 0 Å². The maximum atomic E-state index is 12.5. The molecule has 112 valence electrons. The molecule has 1 fully saturated rings. The van der Waals surface area contributed by atoms with Crippen LogP contribution < -0.4 is 4.90 Å². The van der Waals surface area contributed by atoms with Gasteiger partial charge in [0.25, 0.3) is 0 Å². The minimum Gasteiger partial charge on any atom is -0.378 e. The fraction of sp³-hybridized carbons (Fsp3) is 0.500. The standard InChI is InChI=1S/C16H20N2O3/c1-12-10-13-4-2-3-5-14(13)18(12)16(20)11-15(19)17-6-8-21-9-7-17/h2-5,12H,6-11H2,1H3. The summed E-state index contributed by atoms with van der Waals surface area (Å²) in [4.78, 5) is 28.2. The quantitative estimate of drug-likeness (QED) is 0.769. The van der Waals surface area contributed by atoms with E-state index in [0.29, 0.717) is 26.3 Å². The second-order valence-electron chi connectivity index (χ2n) is 5.62. The van der Waals surface area contributed by atoms with Gasteiger partial charge in [0.05, 0.1) is 13.2 Å². The van der Waals surface area contributed by atoms with E-state index in [1.807, 2.05) is 31.2 Å². The summed E-state index contributed by atoms with van der Waals surface area (Å²) in [5, 5.41) is 0. The first-order valence-corrected chi connectivity index (χ1v) is 7.42. The Kier molecular flexibility index (Phi) is 3.92. The molecular weight excluding hydrogens is 268 g/mol. The van der Waals surface area contributed by atoms with Gasteiger partial charge in [-0.05, 0) is 25.0 Å². The molecule has 5 heteroatoms. The van der Waals surface area contributed by atoms with Crippen LogP contribution in [-0.4, -0.2) is 49.1 Å². The number of benzene rings is 1. The van der Waals surface area contributed by atoms with Gasteiger partial charge in [0, 0.05) is 24.8 Å². The lowest BCUT2D eigenvalue weighted by Gasteiger charge is -2.28. The Morgan fingerprint density at radius 2 is 1.90 bits per heavy atom. The molecule has 0 aliphatic carbocycles. The number of carbonyl (C=O) groups excluding carboxylic acids is 2. The Labute approximate surface area is 124 Å². The zero-order valence-electron chi connectivity index (χ0n) is 12.2. The zero-order chi connectivity index (χ0) is 14.8. The number of nitrogens with zero attached hydrogens (tertiary/aromatic N) is 2. The third-order valence-corrected chi connectivity index (χ3v) is 4.14. The molecule has 2 amide bonds. The SMILES string of the molecule is CC1Cc2ccccc2N1C(=O)CC(=O)N1CCOCC1. The van der Waals surface area contributed by atoms with Gasteiger partial charge in [-0.25, -0.2) is 0 Å². The van der Waals surface area contributed by atoms with Crippen molar-refractivity contribution < 1.29 is 14.3 Å². The third kappa shape index (κ3) is 2.78. The summed E-state index contributed by atoms with van der Waals surface area (Å²) in [5.74, 6) is -0.205. The molecule has 3 rings (SSSR count). The van der Waals surface area contributed by atoms with E-state index in [2.05, 4.69) is 0 Å². The van der Waals surface area contributed by atoms with Crippen LogP contribution in [0.1, 0.15) is 18.9 Å². The van der Waals surface area contributed by atoms with Gasteiger partial charge in [-0.15, -0.1) is 0 Å². The van der Waals surface area contributed by atoms with Crippen LogP contribution in [0.15, 0.2) is 24.3 Å². The average molecular weight is 288 g/mol. The molecule has 1 aromatic carbocycles. The van der Waals surface area contributed by atoms with Crippen molar-refractivity contribution in [3.05, 3.63) is 29.8 Å². The predicted molar refractivity (Wildman–Crippen MR) is 79.1 cm³/mol. The van der Waals surface area contributed by atoms with Gasteiger partial charge < -0.3 is 14.5 Å². The van der Waals surface area contributed by atoms with E-state index < -0.39 is 0 Å². The summed E-state index contributed by atoms with van der Waals surface area (Å²) in [5.41, 5.74) is 2.13. The van der Waals surface area contributed by atoms with Crippen LogP contribution in [0, 0.1) is 0 Å². The van der Waals surface area contributed by atoms with Gasteiger partial charge in [-0.2, -0.15) is 0 Å². The average Bonchev–Trinajstić information content (AvgIpc) is 2.83. The largest absolute Gasteiger partial charge is 0.378 e. The number of hydrogen-bond acceptors (Lipinski definition) is 3. The highest BCUT2D eigenvalue weighted by Gasteiger charge is 2.32. The molecular formula is C16H20N2O3. The summed E-state index contributed by atoms with van der Waals surface area (Å²) in [6.45, 7) is 4.30. The molecule has 0 saturated carbocycles. The predicted octanol–water partition coefficient (Wildman–Crippen LogP) is 1.21. The van der Waals surface area contributed by atoms with Crippen LogP contribution >= 0.6 is 0 Å². The second-order valence-corrected chi connectivity index (χ2v) is 5.62. The van der Waals surface area contributed by atoms with E-state index in [4.69, 9.17) is 4.74 Å². The number of morpholine rings is 1. The molecule has 0 bridgehead atoms. The smallest absolute Gasteiger partial charge is 0.236 e. The molecule has 1 saturated heterocycles. The van der Waals surface area contributed by atoms with Gasteiger partial charge in [0.2, 0.25) is 11.8 Å². The van der Waals surface area contributed by atoms with Crippen molar-refractivity contribution >= 4 is 17.5 Å². The van der Waals surface area contributed by atoms with E-state index in [9.17, 15) is 9.59 Å². The second kappa shape index (κ2) is 5.85. The first kappa shape index (κ1) is 14.1. The van der Waals surface area contributed by atoms with Crippen molar-refractivity contribution in [3.63, 3.8) is 0 Å². The van der Waals surface area contributed by atoms with E-state index in [1.165, 1.54) is 5.56 Å². The lowest BCUT2D eigenvalue weighted by atomic mass is 10.1. The molecule has 2 heterocycles. The molecule has 1 aromatic rings. The summed E-state index contributed by atoms with van der Waals surface area (Å²) in [6, 6.07) is 8.03. The van der Waals surface area contributed by atoms with E-state index in [0.717, 1.165) is 12.1 Å². The minimum absolute atomic E-state index is 0.0569. The Morgan fingerprint density at radius 1 is 1.19 bits per heavy atom. The number of rotatable bonds is 2. The van der Waals surface area contributed by atoms with Gasteiger partial charge in [-0.3, -0.25) is 9.59 Å². The van der Waals surface area contributed by atoms with E-state index in [1.54, 1.807) is 9.80 Å². The van der Waals surface area contributed by atoms with Crippen LogP contribution in [0.5, 0.6) is 0 Å². The maximum Gasteiger partial charge on any atom is 0.236 e. The number of fused-ring (bicyclic) bond motifs is 1. The highest BCUT2D eigenvalue weighted by atomic mass is 16.5. The molecule has 0 N–H and O–H groups in total. The minimum atomic E-state index is -0.107. The van der Waals surface area contributed by atoms with Crippen LogP contribution in [0.4, 0.5) is 5.69 Å². The highest BCUT2D eigenvalue weighted by Crippen LogP contribution is 2.32. The van der Waals surface area contributed by atoms with E-state index in [-0.39, 0.29) is 24.3 Å². The van der Waals surface area contributed by atoms with Crippen molar-refractivity contribution in [2.45, 2.75) is 25.8 Å². The van der Waals surface area contributed by atoms with Gasteiger partial charge in [0.15, 0.2) is 0 Å². The maximum absolute atomic E-state index is 12.5. The first-order chi connectivity index (χ1) is 10.2. The van der Waals surface area contributed by atoms with Crippen molar-refractivity contribution in [1.29, 1.82) is 0 Å². The summed E-state index contributed by atoms with van der Waals surface area (Å²) in [6.07, 6.45) is 0.798. The van der Waals surface area contributed by atoms with Crippen LogP contribution in [0.25, 0.3) is 0 Å². The first-order valence-electron chi connectivity index (χ1n) is 7.42. The van der Waals surface area contributed by atoms with Crippen LogP contribution in [0.2, 0.25) is 0 Å². The van der Waals surface area contributed by atoms with Crippen molar-refractivity contribution in [1.82, 2.24) is 4.90 Å².